The van der Waals surface area contributed by atoms with Crippen LogP contribution < -0.4 is 14.4 Å². The average molecular weight is 623 g/mol. The first-order chi connectivity index (χ1) is 20.6. The van der Waals surface area contributed by atoms with Crippen LogP contribution >= 0.6 is 11.6 Å². The molecule has 7 rings (SSSR count). The molecule has 3 aliphatic carbocycles. The monoisotopic (exact) mass is 622 g/mol. The van der Waals surface area contributed by atoms with E-state index in [1.807, 2.05) is 31.2 Å². The number of nitrogens with zero attached hydrogens (tertiary/aromatic N) is 1. The molecule has 8 heteroatoms. The number of halogens is 1. The van der Waals surface area contributed by atoms with Crippen LogP contribution in [0.15, 0.2) is 48.6 Å². The number of amides is 1. The summed E-state index contributed by atoms with van der Waals surface area (Å²) >= 11 is 6.41. The largest absolute Gasteiger partial charge is 0.490 e. The minimum Gasteiger partial charge on any atom is -0.490 e. The van der Waals surface area contributed by atoms with Crippen molar-refractivity contribution in [2.24, 2.45) is 23.7 Å². The lowest BCUT2D eigenvalue weighted by Crippen LogP contribution is -2.49. The second-order valence-corrected chi connectivity index (χ2v) is 16.6. The highest BCUT2D eigenvalue weighted by Crippen LogP contribution is 2.47. The molecular weight excluding hydrogens is 580 g/mol. The maximum Gasteiger partial charge on any atom is 0.262 e. The minimum absolute atomic E-state index is 0.152. The lowest BCUT2D eigenvalue weighted by atomic mass is 9.68. The Labute approximate surface area is 261 Å². The van der Waals surface area contributed by atoms with Gasteiger partial charge in [0.15, 0.2) is 0 Å². The Morgan fingerprint density at radius 1 is 1.12 bits per heavy atom. The number of fused-ring (bicyclic) bond motifs is 4. The molecule has 2 saturated carbocycles. The van der Waals surface area contributed by atoms with Gasteiger partial charge in [-0.1, -0.05) is 29.8 Å². The van der Waals surface area contributed by atoms with Crippen molar-refractivity contribution in [3.63, 3.8) is 0 Å². The lowest BCUT2D eigenvalue weighted by Gasteiger charge is -2.45. The first-order valence-corrected chi connectivity index (χ1v) is 18.1. The molecule has 0 aromatic heterocycles. The number of carbonyl (C=O) groups excluding carboxylic acids is 1. The van der Waals surface area contributed by atoms with Gasteiger partial charge in [0.2, 0.25) is 0 Å². The molecule has 2 aromatic rings. The quantitative estimate of drug-likeness (QED) is 0.304. The van der Waals surface area contributed by atoms with Crippen LogP contribution in [0.3, 0.4) is 0 Å². The van der Waals surface area contributed by atoms with Gasteiger partial charge in [0.1, 0.15) is 5.75 Å². The van der Waals surface area contributed by atoms with Gasteiger partial charge in [0, 0.05) is 34.3 Å². The Morgan fingerprint density at radius 2 is 1.93 bits per heavy atom. The molecule has 0 radical (unpaired) electrons. The zero-order chi connectivity index (χ0) is 29.9. The third kappa shape index (κ3) is 5.51. The summed E-state index contributed by atoms with van der Waals surface area (Å²) in [5.41, 5.74) is 3.71. The molecule has 0 saturated heterocycles. The first-order valence-electron chi connectivity index (χ1n) is 16.0. The average Bonchev–Trinajstić information content (AvgIpc) is 3.81. The van der Waals surface area contributed by atoms with E-state index in [9.17, 15) is 14.1 Å². The lowest BCUT2D eigenvalue weighted by molar-refractivity contribution is 0.0455. The van der Waals surface area contributed by atoms with E-state index in [1.165, 1.54) is 11.1 Å². The highest BCUT2D eigenvalue weighted by atomic mass is 35.5. The second kappa shape index (κ2) is 11.1. The van der Waals surface area contributed by atoms with E-state index in [-0.39, 0.29) is 28.4 Å². The standard InChI is InChI=1S/C35H43ClN2O4S/c1-22-28(23-8-9-23)6-3-7-32(39)29-13-10-26(29)19-38-20-35(16-4-5-24-17-27(36)12-14-30(24)35)21-42-33-15-11-25(18-31(33)38)34(40)37-43(22,2)41/h3,7,11-12,14-15,17-18,22-23,26,28-29,32,39H,2,4-6,8-10,13,16,19-21H2,1H3,(H,37,40,41)/b7-3+/t22-,26+,28-,29-,32+,35+,43?/m1/s1. The number of hydrogen-bond acceptors (Lipinski definition) is 5. The summed E-state index contributed by atoms with van der Waals surface area (Å²) in [6.07, 6.45) is 11.6. The van der Waals surface area contributed by atoms with Gasteiger partial charge < -0.3 is 14.7 Å². The van der Waals surface area contributed by atoms with Crippen LogP contribution in [0.5, 0.6) is 5.75 Å². The number of rotatable bonds is 1. The SMILES string of the molecule is C=S1(=O)NC(=O)c2ccc3c(c2)N(C[C@@H]2CC[C@H]2[C@@H](O)/C=C/C[C@@H](C2CC2)[C@H]1C)C[C@@]1(CCCc2cc(Cl)ccc21)CO3. The number of hydrogen-bond donors (Lipinski definition) is 2. The topological polar surface area (TPSA) is 78.9 Å². The fraction of sp³-hybridized carbons (Fsp3) is 0.543. The third-order valence-electron chi connectivity index (χ3n) is 11.1. The van der Waals surface area contributed by atoms with E-state index >= 15 is 0 Å². The summed E-state index contributed by atoms with van der Waals surface area (Å²) < 4.78 is 23.3. The van der Waals surface area contributed by atoms with E-state index in [0.717, 1.165) is 80.9 Å². The zero-order valence-electron chi connectivity index (χ0n) is 25.0. The van der Waals surface area contributed by atoms with Crippen molar-refractivity contribution in [2.75, 3.05) is 24.6 Å². The number of aliphatic hydroxyl groups excluding tert-OH is 1. The molecule has 5 aliphatic rings. The maximum absolute atomic E-state index is 13.9. The summed E-state index contributed by atoms with van der Waals surface area (Å²) in [5.74, 6) is 5.59. The predicted molar refractivity (Wildman–Crippen MR) is 175 cm³/mol. The van der Waals surface area contributed by atoms with Crippen LogP contribution in [0.4, 0.5) is 5.69 Å². The molecule has 6 nitrogen and oxygen atoms in total. The van der Waals surface area contributed by atoms with Gasteiger partial charge in [-0.05, 0) is 129 Å². The summed E-state index contributed by atoms with van der Waals surface area (Å²) in [6, 6.07) is 11.8. The molecule has 7 atom stereocenters. The number of nitrogens with one attached hydrogen (secondary N) is 1. The molecule has 2 fully saturated rings. The van der Waals surface area contributed by atoms with E-state index in [1.54, 1.807) is 6.07 Å². The smallest absolute Gasteiger partial charge is 0.262 e. The number of allylic oxidation sites excluding steroid dienone is 1. The van der Waals surface area contributed by atoms with Gasteiger partial charge in [-0.25, -0.2) is 4.21 Å². The highest BCUT2D eigenvalue weighted by Gasteiger charge is 2.44. The van der Waals surface area contributed by atoms with Crippen molar-refractivity contribution >= 4 is 38.8 Å². The van der Waals surface area contributed by atoms with E-state index in [0.29, 0.717) is 24.0 Å². The van der Waals surface area contributed by atoms with Gasteiger partial charge in [-0.15, -0.1) is 0 Å². The number of aliphatic hydroxyl groups is 1. The van der Waals surface area contributed by atoms with Crippen molar-refractivity contribution in [1.29, 1.82) is 0 Å². The van der Waals surface area contributed by atoms with Crippen LogP contribution in [0.1, 0.15) is 73.4 Å². The van der Waals surface area contributed by atoms with Crippen LogP contribution in [0, 0.1) is 23.7 Å². The molecule has 2 heterocycles. The summed E-state index contributed by atoms with van der Waals surface area (Å²) in [5, 5.41) is 11.8. The fourth-order valence-corrected chi connectivity index (χ4v) is 9.92. The molecular formula is C35H43ClN2O4S. The number of benzene rings is 2. The molecule has 2 aromatic carbocycles. The van der Waals surface area contributed by atoms with E-state index in [2.05, 4.69) is 33.7 Å². The Kier molecular flexibility index (Phi) is 7.58. The van der Waals surface area contributed by atoms with Gasteiger partial charge in [-0.3, -0.25) is 9.52 Å². The highest BCUT2D eigenvalue weighted by molar-refractivity contribution is 7.99. The van der Waals surface area contributed by atoms with Gasteiger partial charge in [-0.2, -0.15) is 0 Å². The van der Waals surface area contributed by atoms with E-state index in [4.69, 9.17) is 16.3 Å². The predicted octanol–water partition coefficient (Wildman–Crippen LogP) is 5.94. The van der Waals surface area contributed by atoms with Crippen LogP contribution in [0.25, 0.3) is 0 Å². The first kappa shape index (κ1) is 29.2. The normalized spacial score (nSPS) is 36.8. The van der Waals surface area contributed by atoms with Crippen molar-refractivity contribution in [3.8, 4) is 5.75 Å². The Balaban J connectivity index is 1.28. The van der Waals surface area contributed by atoms with Crippen LogP contribution in [-0.4, -0.2) is 52.1 Å². The molecule has 230 valence electrons. The van der Waals surface area contributed by atoms with Gasteiger partial charge in [0.25, 0.3) is 5.91 Å². The number of anilines is 1. The Bertz CT molecular complexity index is 1550. The van der Waals surface area contributed by atoms with Crippen LogP contribution in [-0.2, 0) is 21.5 Å². The molecule has 43 heavy (non-hydrogen) atoms. The Morgan fingerprint density at radius 3 is 2.70 bits per heavy atom. The third-order valence-corrected chi connectivity index (χ3v) is 13.4. The van der Waals surface area contributed by atoms with Crippen molar-refractivity contribution in [1.82, 2.24) is 4.72 Å². The fourth-order valence-electron chi connectivity index (χ4n) is 8.21. The second-order valence-electron chi connectivity index (χ2n) is 13.8. The van der Waals surface area contributed by atoms with E-state index < -0.39 is 15.8 Å². The summed E-state index contributed by atoms with van der Waals surface area (Å²) in [7, 11) is -2.92. The van der Waals surface area contributed by atoms with Gasteiger partial charge in [0.05, 0.1) is 28.1 Å². The summed E-state index contributed by atoms with van der Waals surface area (Å²) in [6.45, 7) is 4.02. The molecule has 1 unspecified atom stereocenters. The molecule has 1 amide bonds. The van der Waals surface area contributed by atoms with Crippen LogP contribution in [0.2, 0.25) is 5.02 Å². The summed E-state index contributed by atoms with van der Waals surface area (Å²) in [4.78, 5) is 16.0. The number of ether oxygens (including phenoxy) is 1. The molecule has 2 N–H and O–H groups in total. The molecule has 1 spiro atoms. The molecule has 2 bridgehead atoms. The Hall–Kier alpha value is -2.48. The zero-order valence-corrected chi connectivity index (χ0v) is 26.5. The number of carbonyl (C=O) groups is 1. The van der Waals surface area contributed by atoms with Gasteiger partial charge >= 0.3 is 0 Å². The van der Waals surface area contributed by atoms with Crippen molar-refractivity contribution in [2.45, 2.75) is 75.1 Å². The number of aryl methyl sites for hydroxylation is 1. The molecule has 2 aliphatic heterocycles. The van der Waals surface area contributed by atoms with Crippen molar-refractivity contribution < 1.29 is 18.8 Å². The maximum atomic E-state index is 13.9. The minimum atomic E-state index is -2.92. The van der Waals surface area contributed by atoms with Crippen molar-refractivity contribution in [3.05, 3.63) is 70.3 Å².